The minimum absolute atomic E-state index is 0. The van der Waals surface area contributed by atoms with Crippen LogP contribution in [0, 0.1) is 5.92 Å². The van der Waals surface area contributed by atoms with Crippen LogP contribution in [0.3, 0.4) is 0 Å². The third-order valence-electron chi connectivity index (χ3n) is 5.00. The first-order valence-electron chi connectivity index (χ1n) is 8.47. The van der Waals surface area contributed by atoms with Gasteiger partial charge >= 0.3 is 0 Å². The van der Waals surface area contributed by atoms with Crippen LogP contribution in [0.4, 0.5) is 0 Å². The van der Waals surface area contributed by atoms with Crippen molar-refractivity contribution in [3.05, 3.63) is 59.7 Å². The van der Waals surface area contributed by atoms with E-state index in [1.165, 1.54) is 21.9 Å². The van der Waals surface area contributed by atoms with Crippen molar-refractivity contribution in [3.8, 4) is 0 Å². The number of carbonyl (C=O) groups is 1. The molecule has 1 fully saturated rings. The Balaban J connectivity index is 0.00000169. The summed E-state index contributed by atoms with van der Waals surface area (Å²) in [6, 6.07) is 14.9. The van der Waals surface area contributed by atoms with Crippen LogP contribution in [0.25, 0.3) is 10.8 Å². The van der Waals surface area contributed by atoms with E-state index in [4.69, 9.17) is 0 Å². The topological polar surface area (TPSA) is 41.1 Å². The Bertz CT molecular complexity index is 766. The van der Waals surface area contributed by atoms with Crippen molar-refractivity contribution < 1.29 is 4.79 Å². The maximum atomic E-state index is 12.4. The lowest BCUT2D eigenvalue weighted by atomic mass is 10.00. The second-order valence-corrected chi connectivity index (χ2v) is 6.55. The van der Waals surface area contributed by atoms with Gasteiger partial charge in [-0.25, -0.2) is 0 Å². The highest BCUT2D eigenvalue weighted by Crippen LogP contribution is 2.49. The predicted molar refractivity (Wildman–Crippen MR) is 101 cm³/mol. The summed E-state index contributed by atoms with van der Waals surface area (Å²) in [6.45, 7) is 2.65. The van der Waals surface area contributed by atoms with E-state index in [0.717, 1.165) is 25.9 Å². The lowest BCUT2D eigenvalue weighted by molar-refractivity contribution is -0.122. The molecule has 0 bridgehead atoms. The van der Waals surface area contributed by atoms with E-state index in [1.807, 2.05) is 0 Å². The van der Waals surface area contributed by atoms with Gasteiger partial charge in [-0.1, -0.05) is 54.1 Å². The number of rotatable bonds is 4. The summed E-state index contributed by atoms with van der Waals surface area (Å²) in [5, 5.41) is 8.97. The van der Waals surface area contributed by atoms with Gasteiger partial charge in [-0.15, -0.1) is 12.4 Å². The van der Waals surface area contributed by atoms with E-state index in [0.29, 0.717) is 12.5 Å². The summed E-state index contributed by atoms with van der Waals surface area (Å²) >= 11 is 0. The fourth-order valence-corrected chi connectivity index (χ4v) is 3.56. The van der Waals surface area contributed by atoms with Crippen molar-refractivity contribution in [2.24, 2.45) is 5.92 Å². The molecular weight excluding hydrogens is 320 g/mol. The summed E-state index contributed by atoms with van der Waals surface area (Å²) in [5.74, 6) is 0.730. The van der Waals surface area contributed by atoms with E-state index in [1.54, 1.807) is 0 Å². The first-order valence-corrected chi connectivity index (χ1v) is 8.47. The standard InChI is InChI=1S/C20H22N2O.ClH/c23-20(22-13-14-8-10-21-11-9-14)19-12-18(19)17-7-3-5-15-4-1-2-6-16(15)17;/h1-8,18-19,21H,9-13H2,(H,22,23);1H. The molecule has 4 rings (SSSR count). The van der Waals surface area contributed by atoms with Crippen molar-refractivity contribution >= 4 is 29.1 Å². The van der Waals surface area contributed by atoms with Gasteiger partial charge in [0.15, 0.2) is 0 Å². The van der Waals surface area contributed by atoms with E-state index in [9.17, 15) is 4.79 Å². The summed E-state index contributed by atoms with van der Waals surface area (Å²) < 4.78 is 0. The second-order valence-electron chi connectivity index (χ2n) is 6.55. The zero-order chi connectivity index (χ0) is 15.6. The minimum atomic E-state index is 0. The summed E-state index contributed by atoms with van der Waals surface area (Å²) in [4.78, 5) is 12.4. The third kappa shape index (κ3) is 3.47. The molecule has 2 unspecified atom stereocenters. The van der Waals surface area contributed by atoms with Gasteiger partial charge < -0.3 is 10.6 Å². The number of benzene rings is 2. The first kappa shape index (κ1) is 17.0. The number of amides is 1. The molecular formula is C20H23ClN2O. The molecule has 1 aliphatic carbocycles. The predicted octanol–water partition coefficient (Wildman–Crippen LogP) is 3.40. The zero-order valence-corrected chi connectivity index (χ0v) is 14.4. The van der Waals surface area contributed by atoms with Crippen molar-refractivity contribution in [1.29, 1.82) is 0 Å². The Kier molecular flexibility index (Phi) is 5.22. The Hall–Kier alpha value is -1.84. The summed E-state index contributed by atoms with van der Waals surface area (Å²) in [5.41, 5.74) is 2.67. The van der Waals surface area contributed by atoms with Gasteiger partial charge in [-0.2, -0.15) is 0 Å². The Morgan fingerprint density at radius 2 is 2.00 bits per heavy atom. The normalized spacial score (nSPS) is 22.4. The molecule has 4 heteroatoms. The molecule has 2 aromatic carbocycles. The molecule has 2 aromatic rings. The molecule has 2 N–H and O–H groups in total. The molecule has 0 aromatic heterocycles. The van der Waals surface area contributed by atoms with E-state index in [2.05, 4.69) is 59.2 Å². The van der Waals surface area contributed by atoms with Crippen LogP contribution in [-0.4, -0.2) is 25.5 Å². The summed E-state index contributed by atoms with van der Waals surface area (Å²) in [6.07, 6.45) is 4.21. The molecule has 0 saturated heterocycles. The lowest BCUT2D eigenvalue weighted by Gasteiger charge is -2.14. The van der Waals surface area contributed by atoms with Gasteiger partial charge in [-0.3, -0.25) is 4.79 Å². The van der Waals surface area contributed by atoms with Crippen molar-refractivity contribution in [2.75, 3.05) is 19.6 Å². The van der Waals surface area contributed by atoms with Crippen LogP contribution in [0.5, 0.6) is 0 Å². The van der Waals surface area contributed by atoms with Crippen LogP contribution in [0.15, 0.2) is 54.1 Å². The quantitative estimate of drug-likeness (QED) is 0.836. The van der Waals surface area contributed by atoms with E-state index in [-0.39, 0.29) is 24.2 Å². The van der Waals surface area contributed by atoms with Gasteiger partial charge in [0, 0.05) is 19.0 Å². The molecule has 0 spiro atoms. The van der Waals surface area contributed by atoms with Crippen molar-refractivity contribution in [1.82, 2.24) is 10.6 Å². The van der Waals surface area contributed by atoms with Crippen LogP contribution in [-0.2, 0) is 4.79 Å². The van der Waals surface area contributed by atoms with Gasteiger partial charge in [-0.05, 0) is 41.6 Å². The molecule has 1 aliphatic heterocycles. The number of nitrogens with one attached hydrogen (secondary N) is 2. The number of hydrogen-bond acceptors (Lipinski definition) is 2. The fraction of sp³-hybridized carbons (Fsp3) is 0.350. The van der Waals surface area contributed by atoms with Gasteiger partial charge in [0.05, 0.1) is 0 Å². The van der Waals surface area contributed by atoms with Gasteiger partial charge in [0.25, 0.3) is 0 Å². The van der Waals surface area contributed by atoms with Crippen molar-refractivity contribution in [2.45, 2.75) is 18.8 Å². The Morgan fingerprint density at radius 1 is 1.17 bits per heavy atom. The lowest BCUT2D eigenvalue weighted by Crippen LogP contribution is -2.30. The van der Waals surface area contributed by atoms with Crippen LogP contribution in [0.2, 0.25) is 0 Å². The highest BCUT2D eigenvalue weighted by atomic mass is 35.5. The zero-order valence-electron chi connectivity index (χ0n) is 13.6. The van der Waals surface area contributed by atoms with Gasteiger partial charge in [0.1, 0.15) is 0 Å². The smallest absolute Gasteiger partial charge is 0.224 e. The molecule has 1 heterocycles. The maximum absolute atomic E-state index is 12.4. The first-order chi connectivity index (χ1) is 11.3. The fourth-order valence-electron chi connectivity index (χ4n) is 3.56. The van der Waals surface area contributed by atoms with Crippen LogP contribution >= 0.6 is 12.4 Å². The molecule has 2 aliphatic rings. The Labute approximate surface area is 148 Å². The molecule has 1 amide bonds. The average molecular weight is 343 g/mol. The average Bonchev–Trinajstić information content (AvgIpc) is 3.41. The van der Waals surface area contributed by atoms with Gasteiger partial charge in [0.2, 0.25) is 5.91 Å². The molecule has 2 atom stereocenters. The number of carbonyl (C=O) groups excluding carboxylic acids is 1. The molecule has 3 nitrogen and oxygen atoms in total. The van der Waals surface area contributed by atoms with Crippen molar-refractivity contribution in [3.63, 3.8) is 0 Å². The maximum Gasteiger partial charge on any atom is 0.224 e. The highest BCUT2D eigenvalue weighted by Gasteiger charge is 2.44. The second kappa shape index (κ2) is 7.37. The molecule has 24 heavy (non-hydrogen) atoms. The van der Waals surface area contributed by atoms with E-state index < -0.39 is 0 Å². The number of hydrogen-bond donors (Lipinski definition) is 2. The van der Waals surface area contributed by atoms with Crippen LogP contribution in [0.1, 0.15) is 24.3 Å². The molecule has 0 radical (unpaired) electrons. The third-order valence-corrected chi connectivity index (χ3v) is 5.00. The largest absolute Gasteiger partial charge is 0.352 e. The summed E-state index contributed by atoms with van der Waals surface area (Å²) in [7, 11) is 0. The number of halogens is 1. The van der Waals surface area contributed by atoms with Crippen LogP contribution < -0.4 is 10.6 Å². The SMILES string of the molecule is Cl.O=C(NCC1=CCNCC1)C1CC1c1cccc2ccccc12. The monoisotopic (exact) mass is 342 g/mol. The molecule has 126 valence electrons. The highest BCUT2D eigenvalue weighted by molar-refractivity contribution is 5.89. The number of fused-ring (bicyclic) bond motifs is 1. The molecule has 1 saturated carbocycles. The van der Waals surface area contributed by atoms with E-state index >= 15 is 0 Å². The minimum Gasteiger partial charge on any atom is -0.352 e. The Morgan fingerprint density at radius 3 is 2.83 bits per heavy atom.